The van der Waals surface area contributed by atoms with Gasteiger partial charge < -0.3 is 19.9 Å². The number of nitrogens with zero attached hydrogens (tertiary/aromatic N) is 2. The summed E-state index contributed by atoms with van der Waals surface area (Å²) in [5.41, 5.74) is 1.07. The van der Waals surface area contributed by atoms with E-state index in [-0.39, 0.29) is 18.0 Å². The van der Waals surface area contributed by atoms with Gasteiger partial charge in [0, 0.05) is 43.5 Å². The summed E-state index contributed by atoms with van der Waals surface area (Å²) in [6, 6.07) is 6.93. The number of carbonyl (C=O) groups is 1. The van der Waals surface area contributed by atoms with Crippen LogP contribution in [0.5, 0.6) is 0 Å². The summed E-state index contributed by atoms with van der Waals surface area (Å²) in [4.78, 5) is 17.1. The van der Waals surface area contributed by atoms with E-state index in [1.807, 2.05) is 12.3 Å². The van der Waals surface area contributed by atoms with Crippen LogP contribution in [0.4, 0.5) is 0 Å². The first-order chi connectivity index (χ1) is 12.7. The molecule has 0 radical (unpaired) electrons. The van der Waals surface area contributed by atoms with Crippen molar-refractivity contribution in [2.24, 2.45) is 5.92 Å². The summed E-state index contributed by atoms with van der Waals surface area (Å²) < 4.78 is 7.51. The van der Waals surface area contributed by atoms with Crippen molar-refractivity contribution in [2.75, 3.05) is 20.3 Å². The van der Waals surface area contributed by atoms with Crippen molar-refractivity contribution in [2.45, 2.75) is 50.2 Å². The number of hydrogen-bond acceptors (Lipinski definition) is 4. The van der Waals surface area contributed by atoms with Crippen LogP contribution in [-0.2, 0) is 9.53 Å². The van der Waals surface area contributed by atoms with Gasteiger partial charge in [-0.25, -0.2) is 4.98 Å². The number of fused-ring (bicyclic) bond motifs is 1. The third-order valence-corrected chi connectivity index (χ3v) is 5.85. The molecule has 1 saturated carbocycles. The standard InChI is InChI=1S/C20H28N4O2/c1-26-13-14-11-18(22-12-14)20(25)23-16-4-6-17(7-5-16)24-10-8-15-3-2-9-21-19(15)24/h2-3,8-10,14,16-18,22H,4-7,11-13H2,1H3,(H,23,25)/t14-,16?,17?,18-/m0/s1. The maximum Gasteiger partial charge on any atom is 0.237 e. The molecule has 0 spiro atoms. The molecule has 0 bridgehead atoms. The maximum atomic E-state index is 12.5. The monoisotopic (exact) mass is 356 g/mol. The van der Waals surface area contributed by atoms with Gasteiger partial charge in [0.25, 0.3) is 0 Å². The summed E-state index contributed by atoms with van der Waals surface area (Å²) in [5.74, 6) is 0.598. The Labute approximate surface area is 154 Å². The van der Waals surface area contributed by atoms with Gasteiger partial charge in [0.05, 0.1) is 12.6 Å². The van der Waals surface area contributed by atoms with E-state index >= 15 is 0 Å². The molecule has 6 heteroatoms. The highest BCUT2D eigenvalue weighted by Crippen LogP contribution is 2.31. The van der Waals surface area contributed by atoms with Crippen LogP contribution in [0.15, 0.2) is 30.6 Å². The molecule has 2 aromatic heterocycles. The second-order valence-corrected chi connectivity index (χ2v) is 7.67. The van der Waals surface area contributed by atoms with Gasteiger partial charge in [-0.3, -0.25) is 4.79 Å². The van der Waals surface area contributed by atoms with Crippen LogP contribution >= 0.6 is 0 Å². The zero-order chi connectivity index (χ0) is 17.9. The molecule has 1 aliphatic heterocycles. The summed E-state index contributed by atoms with van der Waals surface area (Å²) in [7, 11) is 1.72. The Kier molecular flexibility index (Phi) is 5.22. The van der Waals surface area contributed by atoms with E-state index in [0.29, 0.717) is 12.0 Å². The first kappa shape index (κ1) is 17.5. The fourth-order valence-corrected chi connectivity index (χ4v) is 4.45. The van der Waals surface area contributed by atoms with Crippen LogP contribution in [-0.4, -0.2) is 47.8 Å². The number of nitrogens with one attached hydrogen (secondary N) is 2. The summed E-state index contributed by atoms with van der Waals surface area (Å²) in [5, 5.41) is 7.78. The van der Waals surface area contributed by atoms with E-state index in [0.717, 1.165) is 50.9 Å². The molecule has 140 valence electrons. The molecule has 3 heterocycles. The van der Waals surface area contributed by atoms with Gasteiger partial charge in [-0.05, 0) is 56.2 Å². The molecule has 4 rings (SSSR count). The van der Waals surface area contributed by atoms with E-state index < -0.39 is 0 Å². The number of amides is 1. The third-order valence-electron chi connectivity index (χ3n) is 5.85. The van der Waals surface area contributed by atoms with Crippen LogP contribution in [0.1, 0.15) is 38.1 Å². The van der Waals surface area contributed by atoms with Crippen molar-refractivity contribution in [3.8, 4) is 0 Å². The zero-order valence-corrected chi connectivity index (χ0v) is 15.4. The number of ether oxygens (including phenoxy) is 1. The van der Waals surface area contributed by atoms with E-state index in [1.54, 1.807) is 7.11 Å². The lowest BCUT2D eigenvalue weighted by molar-refractivity contribution is -0.123. The lowest BCUT2D eigenvalue weighted by atomic mass is 9.90. The smallest absolute Gasteiger partial charge is 0.237 e. The van der Waals surface area contributed by atoms with Crippen LogP contribution in [0.3, 0.4) is 0 Å². The Morgan fingerprint density at radius 3 is 3.00 bits per heavy atom. The second kappa shape index (κ2) is 7.76. The van der Waals surface area contributed by atoms with E-state index in [2.05, 4.69) is 38.5 Å². The molecule has 26 heavy (non-hydrogen) atoms. The van der Waals surface area contributed by atoms with Crippen molar-refractivity contribution >= 4 is 16.9 Å². The molecule has 6 nitrogen and oxygen atoms in total. The van der Waals surface area contributed by atoms with Crippen LogP contribution in [0, 0.1) is 5.92 Å². The number of methoxy groups -OCH3 is 1. The summed E-state index contributed by atoms with van der Waals surface area (Å²) in [6.45, 7) is 1.59. The average molecular weight is 356 g/mol. The van der Waals surface area contributed by atoms with Crippen LogP contribution in [0.25, 0.3) is 11.0 Å². The Balaban J connectivity index is 1.29. The molecule has 2 N–H and O–H groups in total. The quantitative estimate of drug-likeness (QED) is 0.862. The van der Waals surface area contributed by atoms with Crippen LogP contribution < -0.4 is 10.6 Å². The molecule has 0 unspecified atom stereocenters. The van der Waals surface area contributed by atoms with Crippen molar-refractivity contribution in [1.82, 2.24) is 20.2 Å². The zero-order valence-electron chi connectivity index (χ0n) is 15.4. The minimum absolute atomic E-state index is 0.0644. The fraction of sp³-hybridized carbons (Fsp3) is 0.600. The fourth-order valence-electron chi connectivity index (χ4n) is 4.45. The molecular weight excluding hydrogens is 328 g/mol. The number of carbonyl (C=O) groups excluding carboxylic acids is 1. The third kappa shape index (κ3) is 3.62. The molecule has 2 aromatic rings. The van der Waals surface area contributed by atoms with Crippen molar-refractivity contribution in [3.05, 3.63) is 30.6 Å². The van der Waals surface area contributed by atoms with Gasteiger partial charge in [0.15, 0.2) is 0 Å². The average Bonchev–Trinajstić information content (AvgIpc) is 3.30. The Hall–Kier alpha value is -1.92. The molecule has 1 aliphatic carbocycles. The highest BCUT2D eigenvalue weighted by atomic mass is 16.5. The van der Waals surface area contributed by atoms with Crippen molar-refractivity contribution in [3.63, 3.8) is 0 Å². The highest BCUT2D eigenvalue weighted by molar-refractivity contribution is 5.82. The van der Waals surface area contributed by atoms with Gasteiger partial charge in [0.2, 0.25) is 5.91 Å². The minimum Gasteiger partial charge on any atom is -0.384 e. The molecule has 1 saturated heterocycles. The largest absolute Gasteiger partial charge is 0.384 e. The predicted octanol–water partition coefficient (Wildman–Crippen LogP) is 2.26. The molecule has 1 amide bonds. The predicted molar refractivity (Wildman–Crippen MR) is 101 cm³/mol. The van der Waals surface area contributed by atoms with Gasteiger partial charge in [-0.1, -0.05) is 0 Å². The molecule has 0 aromatic carbocycles. The second-order valence-electron chi connectivity index (χ2n) is 7.67. The van der Waals surface area contributed by atoms with E-state index in [4.69, 9.17) is 4.74 Å². The molecular formula is C20H28N4O2. The Morgan fingerprint density at radius 1 is 1.35 bits per heavy atom. The van der Waals surface area contributed by atoms with Crippen molar-refractivity contribution in [1.29, 1.82) is 0 Å². The van der Waals surface area contributed by atoms with Crippen molar-refractivity contribution < 1.29 is 9.53 Å². The van der Waals surface area contributed by atoms with E-state index in [9.17, 15) is 4.79 Å². The molecule has 2 aliphatic rings. The molecule has 2 fully saturated rings. The Morgan fingerprint density at radius 2 is 2.19 bits per heavy atom. The highest BCUT2D eigenvalue weighted by Gasteiger charge is 2.31. The minimum atomic E-state index is -0.0644. The summed E-state index contributed by atoms with van der Waals surface area (Å²) in [6.07, 6.45) is 9.09. The SMILES string of the molecule is COC[C@@H]1CN[C@H](C(=O)NC2CCC(n3ccc4cccnc43)CC2)C1. The van der Waals surface area contributed by atoms with Gasteiger partial charge in [-0.15, -0.1) is 0 Å². The lowest BCUT2D eigenvalue weighted by Gasteiger charge is -2.31. The first-order valence-electron chi connectivity index (χ1n) is 9.69. The number of aromatic nitrogens is 2. The van der Waals surface area contributed by atoms with Gasteiger partial charge >= 0.3 is 0 Å². The van der Waals surface area contributed by atoms with Gasteiger partial charge in [0.1, 0.15) is 5.65 Å². The van der Waals surface area contributed by atoms with E-state index in [1.165, 1.54) is 5.39 Å². The first-order valence-corrected chi connectivity index (χ1v) is 9.69. The maximum absolute atomic E-state index is 12.5. The van der Waals surface area contributed by atoms with Gasteiger partial charge in [-0.2, -0.15) is 0 Å². The number of hydrogen-bond donors (Lipinski definition) is 2. The number of pyridine rings is 1. The van der Waals surface area contributed by atoms with Crippen LogP contribution in [0.2, 0.25) is 0 Å². The topological polar surface area (TPSA) is 68.2 Å². The number of rotatable bonds is 5. The Bertz CT molecular complexity index is 751. The molecule has 2 atom stereocenters. The summed E-state index contributed by atoms with van der Waals surface area (Å²) >= 11 is 0. The normalized spacial score (nSPS) is 29.1. The lowest BCUT2D eigenvalue weighted by Crippen LogP contribution is -2.46.